The fourth-order valence-electron chi connectivity index (χ4n) is 2.38. The fraction of sp³-hybridized carbons (Fsp3) is 0.917. The van der Waals surface area contributed by atoms with Crippen LogP contribution in [0, 0.1) is 11.8 Å². The van der Waals surface area contributed by atoms with Gasteiger partial charge in [-0.3, -0.25) is 4.79 Å². The molecule has 1 aliphatic rings. The second kappa shape index (κ2) is 6.86. The fourth-order valence-corrected chi connectivity index (χ4v) is 2.38. The third-order valence-corrected chi connectivity index (χ3v) is 3.37. The summed E-state index contributed by atoms with van der Waals surface area (Å²) in [6.45, 7) is 3.30. The molecule has 1 rings (SSSR count). The molecule has 0 spiro atoms. The number of hydrogen-bond acceptors (Lipinski definition) is 3. The molecule has 16 heavy (non-hydrogen) atoms. The molecule has 0 aromatic rings. The summed E-state index contributed by atoms with van der Waals surface area (Å²) < 4.78 is 0. The van der Waals surface area contributed by atoms with Gasteiger partial charge in [0.05, 0.1) is 12.0 Å². The first-order valence-electron chi connectivity index (χ1n) is 6.23. The van der Waals surface area contributed by atoms with Crippen LogP contribution in [0.25, 0.3) is 0 Å². The molecule has 3 N–H and O–H groups in total. The minimum Gasteiger partial charge on any atom is -0.481 e. The van der Waals surface area contributed by atoms with E-state index in [1.807, 2.05) is 0 Å². The van der Waals surface area contributed by atoms with E-state index in [4.69, 9.17) is 10.2 Å². The Hall–Kier alpha value is -0.610. The van der Waals surface area contributed by atoms with Gasteiger partial charge in [-0.1, -0.05) is 12.8 Å². The summed E-state index contributed by atoms with van der Waals surface area (Å²) in [5.74, 6) is -0.560. The van der Waals surface area contributed by atoms with Crippen LogP contribution < -0.4 is 5.32 Å². The van der Waals surface area contributed by atoms with Crippen molar-refractivity contribution in [2.45, 2.75) is 45.1 Å². The van der Waals surface area contributed by atoms with E-state index in [-0.39, 0.29) is 17.9 Å². The van der Waals surface area contributed by atoms with Gasteiger partial charge in [0.1, 0.15) is 0 Å². The van der Waals surface area contributed by atoms with Crippen LogP contribution in [-0.4, -0.2) is 35.4 Å². The molecule has 1 fully saturated rings. The maximum absolute atomic E-state index is 11.0. The molecule has 0 bridgehead atoms. The zero-order chi connectivity index (χ0) is 12.0. The predicted molar refractivity (Wildman–Crippen MR) is 62.3 cm³/mol. The average Bonchev–Trinajstić information content (AvgIpc) is 2.24. The van der Waals surface area contributed by atoms with E-state index in [1.54, 1.807) is 6.92 Å². The number of carboxylic acid groups (broad SMARTS) is 1. The van der Waals surface area contributed by atoms with Gasteiger partial charge >= 0.3 is 5.97 Å². The summed E-state index contributed by atoms with van der Waals surface area (Å²) in [5, 5.41) is 21.4. The Morgan fingerprint density at radius 3 is 2.75 bits per heavy atom. The smallest absolute Gasteiger partial charge is 0.306 e. The van der Waals surface area contributed by atoms with Gasteiger partial charge in [-0.2, -0.15) is 0 Å². The number of aliphatic carboxylic acids is 1. The van der Waals surface area contributed by atoms with Gasteiger partial charge in [0.25, 0.3) is 0 Å². The van der Waals surface area contributed by atoms with Crippen LogP contribution in [0.3, 0.4) is 0 Å². The molecule has 0 radical (unpaired) electrons. The molecule has 4 heteroatoms. The third-order valence-electron chi connectivity index (χ3n) is 3.37. The van der Waals surface area contributed by atoms with Crippen LogP contribution in [0.15, 0.2) is 0 Å². The number of aliphatic hydroxyl groups is 1. The van der Waals surface area contributed by atoms with Crippen molar-refractivity contribution in [3.05, 3.63) is 0 Å². The Bertz CT molecular complexity index is 218. The standard InChI is InChI=1S/C12H23NO3/c1-9(14)6-7-13-8-10-4-2-3-5-11(10)12(15)16/h9-11,13-14H,2-8H2,1H3,(H,15,16). The Balaban J connectivity index is 2.24. The van der Waals surface area contributed by atoms with Crippen molar-refractivity contribution in [2.75, 3.05) is 13.1 Å². The second-order valence-electron chi connectivity index (χ2n) is 4.83. The summed E-state index contributed by atoms with van der Waals surface area (Å²) in [6, 6.07) is 0. The molecule has 94 valence electrons. The lowest BCUT2D eigenvalue weighted by atomic mass is 9.79. The van der Waals surface area contributed by atoms with E-state index in [1.165, 1.54) is 0 Å². The number of rotatable bonds is 6. The van der Waals surface area contributed by atoms with Crippen molar-refractivity contribution >= 4 is 5.97 Å². The zero-order valence-electron chi connectivity index (χ0n) is 9.98. The van der Waals surface area contributed by atoms with E-state index < -0.39 is 5.97 Å². The summed E-state index contributed by atoms with van der Waals surface area (Å²) in [6.07, 6.45) is 4.46. The van der Waals surface area contributed by atoms with E-state index in [9.17, 15) is 4.79 Å². The van der Waals surface area contributed by atoms with Gasteiger partial charge in [0.2, 0.25) is 0 Å². The maximum atomic E-state index is 11.0. The van der Waals surface area contributed by atoms with Gasteiger partial charge < -0.3 is 15.5 Å². The molecule has 1 saturated carbocycles. The van der Waals surface area contributed by atoms with Crippen molar-refractivity contribution in [1.82, 2.24) is 5.32 Å². The zero-order valence-corrected chi connectivity index (χ0v) is 9.98. The molecular weight excluding hydrogens is 206 g/mol. The highest BCUT2D eigenvalue weighted by Crippen LogP contribution is 2.29. The number of aliphatic hydroxyl groups excluding tert-OH is 1. The molecule has 3 atom stereocenters. The SMILES string of the molecule is CC(O)CCNCC1CCCCC1C(=O)O. The number of carboxylic acids is 1. The topological polar surface area (TPSA) is 69.6 Å². The monoisotopic (exact) mass is 229 g/mol. The number of nitrogens with one attached hydrogen (secondary N) is 1. The highest BCUT2D eigenvalue weighted by Gasteiger charge is 2.30. The van der Waals surface area contributed by atoms with Gasteiger partial charge in [-0.15, -0.1) is 0 Å². The first-order chi connectivity index (χ1) is 7.61. The van der Waals surface area contributed by atoms with E-state index in [2.05, 4.69) is 5.32 Å². The molecule has 0 aliphatic heterocycles. The van der Waals surface area contributed by atoms with Gasteiger partial charge in [-0.25, -0.2) is 0 Å². The molecule has 1 aliphatic carbocycles. The second-order valence-corrected chi connectivity index (χ2v) is 4.83. The summed E-state index contributed by atoms with van der Waals surface area (Å²) in [5.41, 5.74) is 0. The lowest BCUT2D eigenvalue weighted by Crippen LogP contribution is -2.35. The van der Waals surface area contributed by atoms with E-state index >= 15 is 0 Å². The Morgan fingerprint density at radius 2 is 2.12 bits per heavy atom. The van der Waals surface area contributed by atoms with Crippen LogP contribution in [-0.2, 0) is 4.79 Å². The highest BCUT2D eigenvalue weighted by atomic mass is 16.4. The van der Waals surface area contributed by atoms with Crippen molar-refractivity contribution in [2.24, 2.45) is 11.8 Å². The lowest BCUT2D eigenvalue weighted by molar-refractivity contribution is -0.144. The van der Waals surface area contributed by atoms with Crippen molar-refractivity contribution < 1.29 is 15.0 Å². The van der Waals surface area contributed by atoms with E-state index in [0.717, 1.165) is 45.2 Å². The average molecular weight is 229 g/mol. The quantitative estimate of drug-likeness (QED) is 0.599. The van der Waals surface area contributed by atoms with Crippen LogP contribution >= 0.6 is 0 Å². The van der Waals surface area contributed by atoms with Crippen molar-refractivity contribution in [3.8, 4) is 0 Å². The van der Waals surface area contributed by atoms with Gasteiger partial charge in [0.15, 0.2) is 0 Å². The largest absolute Gasteiger partial charge is 0.481 e. The van der Waals surface area contributed by atoms with Gasteiger partial charge in [-0.05, 0) is 45.2 Å². The van der Waals surface area contributed by atoms with E-state index in [0.29, 0.717) is 0 Å². The molecule has 0 aromatic heterocycles. The third kappa shape index (κ3) is 4.49. The van der Waals surface area contributed by atoms with Crippen LogP contribution in [0.4, 0.5) is 0 Å². The summed E-state index contributed by atoms with van der Waals surface area (Å²) >= 11 is 0. The summed E-state index contributed by atoms with van der Waals surface area (Å²) in [4.78, 5) is 11.0. The Morgan fingerprint density at radius 1 is 1.44 bits per heavy atom. The minimum atomic E-state index is -0.651. The Labute approximate surface area is 97.0 Å². The van der Waals surface area contributed by atoms with Crippen LogP contribution in [0.1, 0.15) is 39.0 Å². The highest BCUT2D eigenvalue weighted by molar-refractivity contribution is 5.70. The Kier molecular flexibility index (Phi) is 5.77. The molecule has 0 saturated heterocycles. The molecule has 0 aromatic carbocycles. The maximum Gasteiger partial charge on any atom is 0.306 e. The number of hydrogen-bond donors (Lipinski definition) is 3. The molecule has 4 nitrogen and oxygen atoms in total. The van der Waals surface area contributed by atoms with Crippen molar-refractivity contribution in [1.29, 1.82) is 0 Å². The predicted octanol–water partition coefficient (Wildman–Crippen LogP) is 1.24. The molecule has 0 heterocycles. The normalized spacial score (nSPS) is 27.6. The number of carbonyl (C=O) groups is 1. The van der Waals surface area contributed by atoms with Crippen LogP contribution in [0.2, 0.25) is 0 Å². The van der Waals surface area contributed by atoms with Gasteiger partial charge in [0, 0.05) is 0 Å². The summed E-state index contributed by atoms with van der Waals surface area (Å²) in [7, 11) is 0. The first-order valence-corrected chi connectivity index (χ1v) is 6.23. The lowest BCUT2D eigenvalue weighted by Gasteiger charge is -2.28. The van der Waals surface area contributed by atoms with Crippen LogP contribution in [0.5, 0.6) is 0 Å². The van der Waals surface area contributed by atoms with Crippen molar-refractivity contribution in [3.63, 3.8) is 0 Å². The molecule has 3 unspecified atom stereocenters. The molecule has 0 amide bonds. The first kappa shape index (κ1) is 13.5. The minimum absolute atomic E-state index is 0.173. The molecular formula is C12H23NO3.